The SMILES string of the molecule is CSc1nnc2c(n1)O[C@H](c1ccc(-c3cccc([N+](=O)[O-])c3)o1)Nc1ccccc1-2. The van der Waals surface area contributed by atoms with E-state index < -0.39 is 11.2 Å². The van der Waals surface area contributed by atoms with Gasteiger partial charge in [0, 0.05) is 28.9 Å². The zero-order valence-electron chi connectivity index (χ0n) is 16.2. The standard InChI is InChI=1S/C21H15N5O4S/c1-31-21-23-20-18(24-25-21)14-7-2-3-8-15(14)22-19(30-20)17-10-9-16(29-17)12-5-4-6-13(11-12)26(27)28/h2-11,19,22H,1H3/t19-/m1/s1. The molecule has 0 amide bonds. The first-order chi connectivity index (χ1) is 15.1. The van der Waals surface area contributed by atoms with Crippen LogP contribution in [0.3, 0.4) is 0 Å². The van der Waals surface area contributed by atoms with Crippen LogP contribution in [-0.4, -0.2) is 26.4 Å². The number of anilines is 1. The van der Waals surface area contributed by atoms with Gasteiger partial charge in [-0.25, -0.2) is 0 Å². The van der Waals surface area contributed by atoms with Crippen molar-refractivity contribution < 1.29 is 14.1 Å². The zero-order valence-corrected chi connectivity index (χ0v) is 17.0. The van der Waals surface area contributed by atoms with Crippen molar-refractivity contribution in [1.82, 2.24) is 15.2 Å². The molecule has 1 atom stereocenters. The van der Waals surface area contributed by atoms with Crippen molar-refractivity contribution in [2.45, 2.75) is 11.4 Å². The third-order valence-electron chi connectivity index (χ3n) is 4.74. The number of nitrogens with zero attached hydrogens (tertiary/aromatic N) is 4. The minimum absolute atomic E-state index is 0.00508. The fourth-order valence-corrected chi connectivity index (χ4v) is 3.58. The summed E-state index contributed by atoms with van der Waals surface area (Å²) < 4.78 is 12.1. The number of ether oxygens (including phenoxy) is 1. The number of hydrogen-bond acceptors (Lipinski definition) is 9. The number of nitrogens with one attached hydrogen (secondary N) is 1. The average Bonchev–Trinajstić information content (AvgIpc) is 3.23. The number of aromatic nitrogens is 3. The second-order valence-electron chi connectivity index (χ2n) is 6.65. The van der Waals surface area contributed by atoms with Gasteiger partial charge in [-0.15, -0.1) is 10.2 Å². The van der Waals surface area contributed by atoms with E-state index in [9.17, 15) is 10.1 Å². The Labute approximate surface area is 180 Å². The van der Waals surface area contributed by atoms with Gasteiger partial charge in [-0.05, 0) is 24.5 Å². The van der Waals surface area contributed by atoms with Crippen LogP contribution in [0.5, 0.6) is 5.88 Å². The highest BCUT2D eigenvalue weighted by molar-refractivity contribution is 7.98. The number of para-hydroxylation sites is 1. The van der Waals surface area contributed by atoms with Crippen LogP contribution in [0.4, 0.5) is 11.4 Å². The molecule has 1 N–H and O–H groups in total. The van der Waals surface area contributed by atoms with Crippen LogP contribution in [-0.2, 0) is 0 Å². The van der Waals surface area contributed by atoms with Gasteiger partial charge in [0.15, 0.2) is 11.5 Å². The van der Waals surface area contributed by atoms with Crippen LogP contribution in [0.15, 0.2) is 70.2 Å². The van der Waals surface area contributed by atoms with Gasteiger partial charge in [-0.1, -0.05) is 42.1 Å². The van der Waals surface area contributed by atoms with Crippen LogP contribution in [0.1, 0.15) is 12.0 Å². The fourth-order valence-electron chi connectivity index (χ4n) is 3.28. The third kappa shape index (κ3) is 3.57. The van der Waals surface area contributed by atoms with Crippen molar-refractivity contribution in [1.29, 1.82) is 0 Å². The van der Waals surface area contributed by atoms with E-state index in [1.165, 1.54) is 23.9 Å². The summed E-state index contributed by atoms with van der Waals surface area (Å²) in [7, 11) is 0. The molecule has 5 rings (SSSR count). The Morgan fingerprint density at radius 2 is 1.97 bits per heavy atom. The molecule has 154 valence electrons. The number of nitro groups is 1. The largest absolute Gasteiger partial charge is 0.455 e. The molecule has 0 radical (unpaired) electrons. The molecule has 0 saturated heterocycles. The van der Waals surface area contributed by atoms with E-state index in [1.54, 1.807) is 24.3 Å². The van der Waals surface area contributed by atoms with E-state index in [2.05, 4.69) is 20.5 Å². The Morgan fingerprint density at radius 3 is 2.81 bits per heavy atom. The molecule has 1 aliphatic heterocycles. The van der Waals surface area contributed by atoms with Crippen molar-refractivity contribution in [3.8, 4) is 28.5 Å². The molecular formula is C21H15N5O4S. The number of rotatable bonds is 4. The van der Waals surface area contributed by atoms with Gasteiger partial charge in [0.25, 0.3) is 5.69 Å². The molecule has 0 unspecified atom stereocenters. The molecule has 9 nitrogen and oxygen atoms in total. The lowest BCUT2D eigenvalue weighted by Crippen LogP contribution is -2.16. The summed E-state index contributed by atoms with van der Waals surface area (Å²) in [5.74, 6) is 1.33. The highest BCUT2D eigenvalue weighted by Crippen LogP contribution is 2.40. The summed E-state index contributed by atoms with van der Waals surface area (Å²) in [5, 5.41) is 23.3. The molecule has 3 heterocycles. The lowest BCUT2D eigenvalue weighted by Gasteiger charge is -2.16. The monoisotopic (exact) mass is 433 g/mol. The molecule has 0 saturated carbocycles. The Kier molecular flexibility index (Phi) is 4.75. The minimum Gasteiger partial charge on any atom is -0.455 e. The Hall–Kier alpha value is -3.92. The van der Waals surface area contributed by atoms with E-state index in [0.29, 0.717) is 33.8 Å². The number of hydrogen-bond donors (Lipinski definition) is 1. The highest BCUT2D eigenvalue weighted by atomic mass is 32.2. The summed E-state index contributed by atoms with van der Waals surface area (Å²) in [6.07, 6.45) is 1.18. The number of furan rings is 1. The second-order valence-corrected chi connectivity index (χ2v) is 7.42. The topological polar surface area (TPSA) is 116 Å². The maximum absolute atomic E-state index is 11.1. The summed E-state index contributed by atoms with van der Waals surface area (Å²) >= 11 is 1.37. The smallest absolute Gasteiger partial charge is 0.270 e. The summed E-state index contributed by atoms with van der Waals surface area (Å²) in [5.41, 5.74) is 2.75. The summed E-state index contributed by atoms with van der Waals surface area (Å²) in [6, 6.07) is 17.4. The van der Waals surface area contributed by atoms with Gasteiger partial charge < -0.3 is 14.5 Å². The molecule has 0 aliphatic carbocycles. The fraction of sp³-hybridized carbons (Fsp3) is 0.0952. The van der Waals surface area contributed by atoms with Crippen LogP contribution in [0, 0.1) is 10.1 Å². The molecule has 4 aromatic rings. The normalized spacial score (nSPS) is 14.5. The van der Waals surface area contributed by atoms with E-state index in [1.807, 2.05) is 30.5 Å². The number of thioether (sulfide) groups is 1. The van der Waals surface area contributed by atoms with E-state index in [0.717, 1.165) is 11.3 Å². The van der Waals surface area contributed by atoms with Crippen LogP contribution in [0.25, 0.3) is 22.6 Å². The van der Waals surface area contributed by atoms with E-state index >= 15 is 0 Å². The molecule has 2 aromatic carbocycles. The van der Waals surface area contributed by atoms with Gasteiger partial charge >= 0.3 is 0 Å². The zero-order chi connectivity index (χ0) is 21.4. The first-order valence-electron chi connectivity index (χ1n) is 9.28. The van der Waals surface area contributed by atoms with E-state index in [4.69, 9.17) is 9.15 Å². The number of benzene rings is 2. The molecule has 0 fully saturated rings. The summed E-state index contributed by atoms with van der Waals surface area (Å²) in [6.45, 7) is 0. The Morgan fingerprint density at radius 1 is 1.10 bits per heavy atom. The van der Waals surface area contributed by atoms with Gasteiger partial charge in [-0.2, -0.15) is 4.98 Å². The molecule has 0 bridgehead atoms. The average molecular weight is 433 g/mol. The van der Waals surface area contributed by atoms with Crippen LogP contribution in [0.2, 0.25) is 0 Å². The first-order valence-corrected chi connectivity index (χ1v) is 10.5. The first kappa shape index (κ1) is 19.1. The predicted molar refractivity (Wildman–Crippen MR) is 115 cm³/mol. The minimum atomic E-state index is -0.679. The third-order valence-corrected chi connectivity index (χ3v) is 5.28. The molecule has 1 aliphatic rings. The molecule has 31 heavy (non-hydrogen) atoms. The predicted octanol–water partition coefficient (Wildman–Crippen LogP) is 4.93. The van der Waals surface area contributed by atoms with Crippen molar-refractivity contribution in [2.75, 3.05) is 11.6 Å². The number of non-ortho nitro benzene ring substituents is 1. The molecule has 10 heteroatoms. The lowest BCUT2D eigenvalue weighted by atomic mass is 10.1. The number of fused-ring (bicyclic) bond motifs is 3. The number of nitro benzene ring substituents is 1. The van der Waals surface area contributed by atoms with Crippen LogP contribution >= 0.6 is 11.8 Å². The second kappa shape index (κ2) is 7.73. The van der Waals surface area contributed by atoms with Crippen LogP contribution < -0.4 is 10.1 Å². The summed E-state index contributed by atoms with van der Waals surface area (Å²) in [4.78, 5) is 15.1. The van der Waals surface area contributed by atoms with Gasteiger partial charge in [0.1, 0.15) is 5.76 Å². The maximum Gasteiger partial charge on any atom is 0.270 e. The van der Waals surface area contributed by atoms with Crippen molar-refractivity contribution >= 4 is 23.1 Å². The Bertz CT molecular complexity index is 1290. The van der Waals surface area contributed by atoms with Crippen molar-refractivity contribution in [3.05, 3.63) is 76.5 Å². The highest BCUT2D eigenvalue weighted by Gasteiger charge is 2.28. The van der Waals surface area contributed by atoms with Gasteiger partial charge in [0.2, 0.25) is 17.3 Å². The molecular weight excluding hydrogens is 418 g/mol. The lowest BCUT2D eigenvalue weighted by molar-refractivity contribution is -0.384. The molecule has 2 aromatic heterocycles. The van der Waals surface area contributed by atoms with E-state index in [-0.39, 0.29) is 5.69 Å². The van der Waals surface area contributed by atoms with Gasteiger partial charge in [-0.3, -0.25) is 10.1 Å². The molecule has 0 spiro atoms. The van der Waals surface area contributed by atoms with Crippen molar-refractivity contribution in [2.24, 2.45) is 0 Å². The Balaban J connectivity index is 1.54. The maximum atomic E-state index is 11.1. The van der Waals surface area contributed by atoms with Crippen molar-refractivity contribution in [3.63, 3.8) is 0 Å². The quantitative estimate of drug-likeness (QED) is 0.271. The van der Waals surface area contributed by atoms with Gasteiger partial charge in [0.05, 0.1) is 4.92 Å².